The summed E-state index contributed by atoms with van der Waals surface area (Å²) in [5, 5.41) is 3.26. The van der Waals surface area contributed by atoms with Crippen LogP contribution < -0.4 is 10.2 Å². The minimum Gasteiger partial charge on any atom is -0.447 e. The Morgan fingerprint density at radius 2 is 1.84 bits per heavy atom. The van der Waals surface area contributed by atoms with E-state index in [9.17, 15) is 14.0 Å². The third kappa shape index (κ3) is 6.89. The molecule has 2 amide bonds. The van der Waals surface area contributed by atoms with Gasteiger partial charge < -0.3 is 19.7 Å². The number of hydrogen-bond acceptors (Lipinski definition) is 8. The Morgan fingerprint density at radius 1 is 1.16 bits per heavy atom. The number of halogens is 1. The minimum absolute atomic E-state index is 0.00849. The number of anilines is 2. The van der Waals surface area contributed by atoms with E-state index in [0.717, 1.165) is 25.2 Å². The van der Waals surface area contributed by atoms with Crippen molar-refractivity contribution >= 4 is 24.0 Å². The van der Waals surface area contributed by atoms with Crippen molar-refractivity contribution in [1.82, 2.24) is 19.8 Å². The van der Waals surface area contributed by atoms with E-state index in [4.69, 9.17) is 9.47 Å². The summed E-state index contributed by atoms with van der Waals surface area (Å²) in [6, 6.07) is 9.07. The lowest BCUT2D eigenvalue weighted by Gasteiger charge is -2.35. The van der Waals surface area contributed by atoms with E-state index in [-0.39, 0.29) is 18.7 Å². The van der Waals surface area contributed by atoms with Crippen LogP contribution in [0.15, 0.2) is 36.5 Å². The van der Waals surface area contributed by atoms with Crippen LogP contribution in [-0.4, -0.2) is 82.6 Å². The number of rotatable bonds is 7. The van der Waals surface area contributed by atoms with Gasteiger partial charge in [0, 0.05) is 38.9 Å². The molecule has 3 atom stereocenters. The largest absolute Gasteiger partial charge is 0.447 e. The van der Waals surface area contributed by atoms with E-state index in [1.165, 1.54) is 23.6 Å². The van der Waals surface area contributed by atoms with E-state index in [2.05, 4.69) is 44.5 Å². The second kappa shape index (κ2) is 11.5. The molecular weight excluding hydrogens is 491 g/mol. The van der Waals surface area contributed by atoms with Crippen LogP contribution in [0.2, 0.25) is 0 Å². The molecule has 2 aromatic rings. The van der Waals surface area contributed by atoms with Crippen molar-refractivity contribution in [3.63, 3.8) is 0 Å². The highest BCUT2D eigenvalue weighted by Crippen LogP contribution is 2.26. The molecule has 1 aromatic carbocycles. The van der Waals surface area contributed by atoms with E-state index in [1.807, 2.05) is 27.7 Å². The molecule has 38 heavy (non-hydrogen) atoms. The highest BCUT2D eigenvalue weighted by atomic mass is 19.1. The first kappa shape index (κ1) is 27.6. The van der Waals surface area contributed by atoms with E-state index in [0.29, 0.717) is 24.9 Å². The number of hydrogen-bond donors (Lipinski definition) is 1. The zero-order valence-corrected chi connectivity index (χ0v) is 22.7. The molecule has 206 valence electrons. The van der Waals surface area contributed by atoms with Gasteiger partial charge in [0.15, 0.2) is 0 Å². The average Bonchev–Trinajstić information content (AvgIpc) is 3.26. The van der Waals surface area contributed by atoms with Crippen molar-refractivity contribution in [3.05, 3.63) is 47.7 Å². The summed E-state index contributed by atoms with van der Waals surface area (Å²) in [5.74, 6) is 0.640. The molecule has 10 nitrogen and oxygen atoms in total. The zero-order chi connectivity index (χ0) is 27.4. The number of benzene rings is 1. The molecule has 0 aliphatic carbocycles. The number of aromatic nitrogens is 2. The maximum absolute atomic E-state index is 14.0. The van der Waals surface area contributed by atoms with Gasteiger partial charge in [0.25, 0.3) is 0 Å². The van der Waals surface area contributed by atoms with Gasteiger partial charge in [-0.15, -0.1) is 0 Å². The molecule has 3 heterocycles. The Hall–Kier alpha value is -3.47. The number of carbonyl (C=O) groups excluding carboxylic acids is 2. The first-order valence-electron chi connectivity index (χ1n) is 13.0. The fourth-order valence-corrected chi connectivity index (χ4v) is 4.45. The molecule has 2 saturated heterocycles. The molecule has 1 aromatic heterocycles. The molecule has 11 heteroatoms. The average molecular weight is 529 g/mol. The summed E-state index contributed by atoms with van der Waals surface area (Å²) >= 11 is 0. The molecule has 0 radical (unpaired) electrons. The van der Waals surface area contributed by atoms with Gasteiger partial charge >= 0.3 is 12.2 Å². The van der Waals surface area contributed by atoms with E-state index < -0.39 is 23.9 Å². The summed E-state index contributed by atoms with van der Waals surface area (Å²) in [7, 11) is 0. The Bertz CT molecular complexity index is 1120. The minimum atomic E-state index is -1.25. The van der Waals surface area contributed by atoms with Gasteiger partial charge in [-0.1, -0.05) is 24.3 Å². The maximum Gasteiger partial charge on any atom is 0.416 e. The fourth-order valence-electron chi connectivity index (χ4n) is 4.45. The molecule has 0 unspecified atom stereocenters. The molecule has 1 N–H and O–H groups in total. The van der Waals surface area contributed by atoms with Crippen molar-refractivity contribution in [2.75, 3.05) is 43.0 Å². The molecule has 0 spiro atoms. The summed E-state index contributed by atoms with van der Waals surface area (Å²) in [5.41, 5.74) is 1.74. The summed E-state index contributed by atoms with van der Waals surface area (Å²) in [6.07, 6.45) is -0.581. The number of ether oxygens (including phenoxy) is 2. The van der Waals surface area contributed by atoms with Gasteiger partial charge in [-0.2, -0.15) is 4.98 Å². The van der Waals surface area contributed by atoms with Crippen LogP contribution in [0.5, 0.6) is 0 Å². The molecule has 2 aliphatic heterocycles. The van der Waals surface area contributed by atoms with Crippen molar-refractivity contribution in [2.45, 2.75) is 65.0 Å². The van der Waals surface area contributed by atoms with Crippen LogP contribution in [-0.2, 0) is 16.0 Å². The van der Waals surface area contributed by atoms with Crippen LogP contribution in [0.25, 0.3) is 0 Å². The van der Waals surface area contributed by atoms with Gasteiger partial charge in [0.1, 0.15) is 30.2 Å². The SMILES string of the molecule is C[C@H](Nc1nccc(N2C(=O)OC[C@@H]2[C@@H](C)F)n1)c1ccc(CN2CCN(C(=O)OC(C)(C)C)CC2)cc1. The normalized spacial score (nSPS) is 20.2. The number of alkyl halides is 1. The van der Waals surface area contributed by atoms with Crippen LogP contribution in [0.4, 0.5) is 25.7 Å². The number of amides is 2. The van der Waals surface area contributed by atoms with Crippen molar-refractivity contribution in [1.29, 1.82) is 0 Å². The van der Waals surface area contributed by atoms with Crippen LogP contribution in [0.1, 0.15) is 51.8 Å². The Morgan fingerprint density at radius 3 is 2.47 bits per heavy atom. The Kier molecular flexibility index (Phi) is 8.35. The van der Waals surface area contributed by atoms with Gasteiger partial charge in [-0.05, 0) is 51.8 Å². The lowest BCUT2D eigenvalue weighted by atomic mass is 10.1. The monoisotopic (exact) mass is 528 g/mol. The molecule has 0 bridgehead atoms. The fraction of sp³-hybridized carbons (Fsp3) is 0.556. The number of piperazine rings is 1. The standard InChI is InChI=1S/C27H37FN6O4/c1-18(28)22-17-37-26(36)34(22)23-10-11-29-24(31-23)30-19(2)21-8-6-20(7-9-21)16-32-12-14-33(15-13-32)25(35)38-27(3,4)5/h6-11,18-19,22H,12-17H2,1-5H3,(H,29,30,31)/t18-,19+,22-/m1/s1. The molecule has 2 fully saturated rings. The molecule has 4 rings (SSSR count). The number of nitrogens with one attached hydrogen (secondary N) is 1. The van der Waals surface area contributed by atoms with E-state index in [1.54, 1.807) is 11.0 Å². The third-order valence-electron chi connectivity index (χ3n) is 6.58. The molecule has 2 aliphatic rings. The predicted octanol–water partition coefficient (Wildman–Crippen LogP) is 4.39. The zero-order valence-electron chi connectivity index (χ0n) is 22.7. The molecular formula is C27H37FN6O4. The van der Waals surface area contributed by atoms with Gasteiger partial charge in [0.05, 0.1) is 6.04 Å². The summed E-state index contributed by atoms with van der Waals surface area (Å²) < 4.78 is 24.5. The van der Waals surface area contributed by atoms with Gasteiger partial charge in [-0.3, -0.25) is 9.80 Å². The first-order valence-corrected chi connectivity index (χ1v) is 13.0. The first-order chi connectivity index (χ1) is 18.0. The van der Waals surface area contributed by atoms with Crippen molar-refractivity contribution < 1.29 is 23.5 Å². The smallest absolute Gasteiger partial charge is 0.416 e. The van der Waals surface area contributed by atoms with Crippen LogP contribution >= 0.6 is 0 Å². The Labute approximate surface area is 223 Å². The van der Waals surface area contributed by atoms with Crippen LogP contribution in [0.3, 0.4) is 0 Å². The summed E-state index contributed by atoms with van der Waals surface area (Å²) in [6.45, 7) is 12.7. The second-order valence-corrected chi connectivity index (χ2v) is 10.8. The van der Waals surface area contributed by atoms with Gasteiger partial charge in [0.2, 0.25) is 5.95 Å². The number of cyclic esters (lactones) is 1. The second-order valence-electron chi connectivity index (χ2n) is 10.8. The van der Waals surface area contributed by atoms with Crippen molar-refractivity contribution in [3.8, 4) is 0 Å². The van der Waals surface area contributed by atoms with E-state index >= 15 is 0 Å². The maximum atomic E-state index is 14.0. The predicted molar refractivity (Wildman–Crippen MR) is 142 cm³/mol. The Balaban J connectivity index is 1.31. The molecule has 0 saturated carbocycles. The highest BCUT2D eigenvalue weighted by molar-refractivity contribution is 5.89. The topological polar surface area (TPSA) is 100 Å². The highest BCUT2D eigenvalue weighted by Gasteiger charge is 2.39. The number of nitrogens with zero attached hydrogens (tertiary/aromatic N) is 5. The number of carbonyl (C=O) groups is 2. The van der Waals surface area contributed by atoms with Crippen molar-refractivity contribution in [2.24, 2.45) is 0 Å². The lowest BCUT2D eigenvalue weighted by Crippen LogP contribution is -2.49. The third-order valence-corrected chi connectivity index (χ3v) is 6.58. The summed E-state index contributed by atoms with van der Waals surface area (Å²) in [4.78, 5) is 38.5. The van der Waals surface area contributed by atoms with Crippen LogP contribution in [0, 0.1) is 0 Å². The quantitative estimate of drug-likeness (QED) is 0.565. The van der Waals surface area contributed by atoms with Gasteiger partial charge in [-0.25, -0.2) is 19.0 Å². The lowest BCUT2D eigenvalue weighted by molar-refractivity contribution is 0.0139.